The summed E-state index contributed by atoms with van der Waals surface area (Å²) in [5.74, 6) is 0.0994. The van der Waals surface area contributed by atoms with Crippen molar-refractivity contribution in [3.8, 4) is 5.75 Å². The molecule has 0 saturated heterocycles. The van der Waals surface area contributed by atoms with Gasteiger partial charge in [-0.15, -0.1) is 11.8 Å². The molecule has 0 bridgehead atoms. The highest BCUT2D eigenvalue weighted by Gasteiger charge is 2.14. The van der Waals surface area contributed by atoms with Gasteiger partial charge in [-0.05, 0) is 60.9 Å². The van der Waals surface area contributed by atoms with E-state index in [9.17, 15) is 13.2 Å². The third kappa shape index (κ3) is 6.00. The van der Waals surface area contributed by atoms with Crippen molar-refractivity contribution in [1.82, 2.24) is 0 Å². The second-order valence-corrected chi connectivity index (χ2v) is 8.57. The van der Waals surface area contributed by atoms with Crippen LogP contribution in [0.3, 0.4) is 0 Å². The minimum atomic E-state index is -3.70. The number of nitrogens with one attached hydrogen (secondary N) is 2. The number of sulfonamides is 1. The molecule has 150 valence electrons. The molecule has 3 aromatic carbocycles. The molecular weight excluding hydrogens is 408 g/mol. The van der Waals surface area contributed by atoms with Crippen LogP contribution in [0, 0.1) is 0 Å². The normalized spacial score (nSPS) is 10.9. The van der Waals surface area contributed by atoms with Crippen molar-refractivity contribution in [1.29, 1.82) is 0 Å². The van der Waals surface area contributed by atoms with E-state index < -0.39 is 10.0 Å². The first kappa shape index (κ1) is 20.8. The Morgan fingerprint density at radius 1 is 0.931 bits per heavy atom. The van der Waals surface area contributed by atoms with E-state index in [0.29, 0.717) is 17.1 Å². The van der Waals surface area contributed by atoms with Gasteiger partial charge in [0.25, 0.3) is 15.9 Å². The Kier molecular flexibility index (Phi) is 6.79. The number of hydrogen-bond donors (Lipinski definition) is 2. The largest absolute Gasteiger partial charge is 0.484 e. The molecule has 8 heteroatoms. The molecule has 1 amide bonds. The molecule has 0 unspecified atom stereocenters. The summed E-state index contributed by atoms with van der Waals surface area (Å²) in [6.45, 7) is -0.183. The molecule has 0 fully saturated rings. The van der Waals surface area contributed by atoms with Crippen LogP contribution in [-0.2, 0) is 14.8 Å². The number of carbonyl (C=O) groups excluding carboxylic acids is 1. The number of benzene rings is 3. The van der Waals surface area contributed by atoms with Crippen molar-refractivity contribution in [3.05, 3.63) is 78.9 Å². The Labute approximate surface area is 174 Å². The van der Waals surface area contributed by atoms with Gasteiger partial charge < -0.3 is 10.1 Å². The molecule has 2 N–H and O–H groups in total. The number of carbonyl (C=O) groups is 1. The van der Waals surface area contributed by atoms with Crippen molar-refractivity contribution in [2.24, 2.45) is 0 Å². The molecule has 29 heavy (non-hydrogen) atoms. The number of rotatable bonds is 8. The second kappa shape index (κ2) is 9.49. The summed E-state index contributed by atoms with van der Waals surface area (Å²) in [6, 6.07) is 22.0. The third-order valence-corrected chi connectivity index (χ3v) is 6.01. The lowest BCUT2D eigenvalue weighted by Gasteiger charge is -2.10. The standard InChI is InChI=1S/C21H20N2O4S2/c1-28-19-9-5-8-17(14-19)22-21(24)15-27-18-10-12-20(13-11-18)29(25,26)23-16-6-3-2-4-7-16/h2-14,23H,15H2,1H3,(H,22,24). The van der Waals surface area contributed by atoms with Gasteiger partial charge in [0.15, 0.2) is 6.61 Å². The molecule has 3 rings (SSSR count). The third-order valence-electron chi connectivity index (χ3n) is 3.88. The quantitative estimate of drug-likeness (QED) is 0.525. The minimum Gasteiger partial charge on any atom is -0.484 e. The van der Waals surface area contributed by atoms with Crippen LogP contribution in [0.1, 0.15) is 0 Å². The van der Waals surface area contributed by atoms with E-state index >= 15 is 0 Å². The molecule has 0 saturated carbocycles. The van der Waals surface area contributed by atoms with Crippen LogP contribution >= 0.6 is 11.8 Å². The predicted octanol–water partition coefficient (Wildman–Crippen LogP) is 4.23. The Bertz CT molecular complexity index is 1070. The maximum absolute atomic E-state index is 12.4. The first-order chi connectivity index (χ1) is 14.0. The molecule has 0 spiro atoms. The Morgan fingerprint density at radius 3 is 2.31 bits per heavy atom. The predicted molar refractivity (Wildman–Crippen MR) is 116 cm³/mol. The van der Waals surface area contributed by atoms with Crippen LogP contribution < -0.4 is 14.8 Å². The van der Waals surface area contributed by atoms with Crippen LogP contribution in [0.25, 0.3) is 0 Å². The summed E-state index contributed by atoms with van der Waals surface area (Å²) in [5.41, 5.74) is 1.17. The van der Waals surface area contributed by atoms with Crippen LogP contribution in [0.15, 0.2) is 88.7 Å². The van der Waals surface area contributed by atoms with E-state index in [1.54, 1.807) is 48.2 Å². The topological polar surface area (TPSA) is 84.5 Å². The summed E-state index contributed by atoms with van der Waals surface area (Å²) in [5, 5.41) is 2.77. The average Bonchev–Trinajstić information content (AvgIpc) is 2.73. The highest BCUT2D eigenvalue weighted by Crippen LogP contribution is 2.20. The maximum atomic E-state index is 12.4. The van der Waals surface area contributed by atoms with Gasteiger partial charge in [0, 0.05) is 16.3 Å². The summed E-state index contributed by atoms with van der Waals surface area (Å²) < 4.78 is 32.8. The monoisotopic (exact) mass is 428 g/mol. The molecule has 0 heterocycles. The Hall–Kier alpha value is -2.97. The molecule has 0 atom stereocenters. The molecule has 0 aliphatic carbocycles. The van der Waals surface area contributed by atoms with E-state index in [1.807, 2.05) is 24.5 Å². The second-order valence-electron chi connectivity index (χ2n) is 6.01. The SMILES string of the molecule is CSc1cccc(NC(=O)COc2ccc(S(=O)(=O)Nc3ccccc3)cc2)c1. The average molecular weight is 429 g/mol. The van der Waals surface area contributed by atoms with Gasteiger partial charge in [-0.1, -0.05) is 24.3 Å². The van der Waals surface area contributed by atoms with Gasteiger partial charge in [0.2, 0.25) is 0 Å². The van der Waals surface area contributed by atoms with Gasteiger partial charge in [0.1, 0.15) is 5.75 Å². The molecule has 0 radical (unpaired) electrons. The van der Waals surface area contributed by atoms with Crippen molar-refractivity contribution in [2.75, 3.05) is 22.9 Å². The maximum Gasteiger partial charge on any atom is 0.262 e. The number of amides is 1. The zero-order valence-electron chi connectivity index (χ0n) is 15.7. The summed E-state index contributed by atoms with van der Waals surface area (Å²) in [6.07, 6.45) is 1.96. The number of anilines is 2. The molecule has 6 nitrogen and oxygen atoms in total. The lowest BCUT2D eigenvalue weighted by atomic mass is 10.3. The Morgan fingerprint density at radius 2 is 1.62 bits per heavy atom. The van der Waals surface area contributed by atoms with Crippen LogP contribution in [0.5, 0.6) is 5.75 Å². The Balaban J connectivity index is 1.56. The lowest BCUT2D eigenvalue weighted by Crippen LogP contribution is -2.20. The van der Waals surface area contributed by atoms with Gasteiger partial charge in [-0.25, -0.2) is 8.42 Å². The van der Waals surface area contributed by atoms with Crippen molar-refractivity contribution in [2.45, 2.75) is 9.79 Å². The zero-order chi connectivity index (χ0) is 20.7. The molecule has 0 aliphatic heterocycles. The highest BCUT2D eigenvalue weighted by molar-refractivity contribution is 7.98. The van der Waals surface area contributed by atoms with Gasteiger partial charge in [0.05, 0.1) is 4.90 Å². The first-order valence-electron chi connectivity index (χ1n) is 8.71. The first-order valence-corrected chi connectivity index (χ1v) is 11.4. The van der Waals surface area contributed by atoms with Crippen molar-refractivity contribution in [3.63, 3.8) is 0 Å². The number of para-hydroxylation sites is 1. The van der Waals surface area contributed by atoms with Crippen molar-refractivity contribution >= 4 is 39.1 Å². The fourth-order valence-electron chi connectivity index (χ4n) is 2.48. The summed E-state index contributed by atoms with van der Waals surface area (Å²) in [4.78, 5) is 13.2. The van der Waals surface area contributed by atoms with Crippen molar-refractivity contribution < 1.29 is 17.9 Å². The van der Waals surface area contributed by atoms with Crippen LogP contribution in [0.2, 0.25) is 0 Å². The highest BCUT2D eigenvalue weighted by atomic mass is 32.2. The van der Waals surface area contributed by atoms with Crippen LogP contribution in [-0.4, -0.2) is 27.2 Å². The minimum absolute atomic E-state index is 0.104. The number of hydrogen-bond acceptors (Lipinski definition) is 5. The number of thioether (sulfide) groups is 1. The smallest absolute Gasteiger partial charge is 0.262 e. The van der Waals surface area contributed by atoms with E-state index in [2.05, 4.69) is 10.0 Å². The summed E-state index contributed by atoms with van der Waals surface area (Å²) >= 11 is 1.59. The molecule has 0 aromatic heterocycles. The van der Waals surface area contributed by atoms with Gasteiger partial charge in [-0.2, -0.15) is 0 Å². The van der Waals surface area contributed by atoms with E-state index in [0.717, 1.165) is 4.90 Å². The van der Waals surface area contributed by atoms with E-state index in [4.69, 9.17) is 4.74 Å². The summed E-state index contributed by atoms with van der Waals surface area (Å²) in [7, 11) is -3.70. The van der Waals surface area contributed by atoms with Crippen LogP contribution in [0.4, 0.5) is 11.4 Å². The molecule has 0 aliphatic rings. The fourth-order valence-corrected chi connectivity index (χ4v) is 4.00. The zero-order valence-corrected chi connectivity index (χ0v) is 17.3. The van der Waals surface area contributed by atoms with Gasteiger partial charge in [-0.3, -0.25) is 9.52 Å². The van der Waals surface area contributed by atoms with Gasteiger partial charge >= 0.3 is 0 Å². The fraction of sp³-hybridized carbons (Fsp3) is 0.0952. The molecule has 3 aromatic rings. The number of ether oxygens (including phenoxy) is 1. The van der Waals surface area contributed by atoms with E-state index in [-0.39, 0.29) is 17.4 Å². The lowest BCUT2D eigenvalue weighted by molar-refractivity contribution is -0.118. The molecular formula is C21H20N2O4S2. The van der Waals surface area contributed by atoms with E-state index in [1.165, 1.54) is 24.3 Å².